The summed E-state index contributed by atoms with van der Waals surface area (Å²) in [6.07, 6.45) is 2.25. The summed E-state index contributed by atoms with van der Waals surface area (Å²) in [5.41, 5.74) is 2.86. The zero-order chi connectivity index (χ0) is 17.6. The summed E-state index contributed by atoms with van der Waals surface area (Å²) in [7, 11) is -3.87. The number of aryl methyl sites for hydroxylation is 1. The molecule has 2 heterocycles. The molecule has 0 spiro atoms. The summed E-state index contributed by atoms with van der Waals surface area (Å²) >= 11 is 0. The number of hydrogen-bond acceptors (Lipinski definition) is 4. The Hall–Kier alpha value is -2.41. The molecule has 0 radical (unpaired) electrons. The van der Waals surface area contributed by atoms with E-state index in [1.54, 1.807) is 0 Å². The first-order valence-electron chi connectivity index (χ1n) is 8.23. The van der Waals surface area contributed by atoms with Crippen molar-refractivity contribution in [2.45, 2.75) is 24.7 Å². The Labute approximate surface area is 146 Å². The van der Waals surface area contributed by atoms with Crippen molar-refractivity contribution in [1.29, 1.82) is 0 Å². The minimum absolute atomic E-state index is 0.0105. The molecule has 0 amide bonds. The predicted molar refractivity (Wildman–Crippen MR) is 96.4 cm³/mol. The molecule has 1 fully saturated rings. The monoisotopic (exact) mass is 359 g/mol. The molecule has 5 nitrogen and oxygen atoms in total. The van der Waals surface area contributed by atoms with Gasteiger partial charge in [-0.3, -0.25) is 0 Å². The van der Waals surface area contributed by atoms with Crippen molar-refractivity contribution in [3.8, 4) is 0 Å². The van der Waals surface area contributed by atoms with E-state index in [-0.39, 0.29) is 16.3 Å². The molecule has 4 rings (SSSR count). The first-order valence-corrected chi connectivity index (χ1v) is 9.67. The number of rotatable bonds is 2. The summed E-state index contributed by atoms with van der Waals surface area (Å²) in [5, 5.41) is 3.07. The van der Waals surface area contributed by atoms with Crippen molar-refractivity contribution in [1.82, 2.24) is 0 Å². The van der Waals surface area contributed by atoms with Crippen LogP contribution >= 0.6 is 0 Å². The van der Waals surface area contributed by atoms with Crippen molar-refractivity contribution in [3.05, 3.63) is 53.3 Å². The third-order valence-corrected chi connectivity index (χ3v) is 5.93. The lowest BCUT2D eigenvalue weighted by molar-refractivity contribution is 0.595. The van der Waals surface area contributed by atoms with Crippen molar-refractivity contribution >= 4 is 27.2 Å². The van der Waals surface area contributed by atoms with Crippen LogP contribution in [0, 0.1) is 12.7 Å². The van der Waals surface area contributed by atoms with Crippen molar-refractivity contribution < 1.29 is 12.8 Å². The SMILES string of the molecule is Cc1cccc(NC2=NS(=O)(=O)c3cccc(F)c32)c1N1CCCC1. The van der Waals surface area contributed by atoms with E-state index in [0.29, 0.717) is 0 Å². The molecule has 0 saturated carbocycles. The molecule has 130 valence electrons. The van der Waals surface area contributed by atoms with Gasteiger partial charge in [-0.1, -0.05) is 18.2 Å². The summed E-state index contributed by atoms with van der Waals surface area (Å²) in [4.78, 5) is 2.18. The molecule has 1 saturated heterocycles. The molecule has 0 aromatic heterocycles. The largest absolute Gasteiger partial charge is 0.370 e. The lowest BCUT2D eigenvalue weighted by atomic mass is 10.1. The molecule has 2 aromatic rings. The Kier molecular flexibility index (Phi) is 3.76. The molecule has 2 aliphatic heterocycles. The van der Waals surface area contributed by atoms with Crippen LogP contribution in [0.3, 0.4) is 0 Å². The van der Waals surface area contributed by atoms with E-state index in [9.17, 15) is 12.8 Å². The number of para-hydroxylation sites is 1. The smallest absolute Gasteiger partial charge is 0.285 e. The summed E-state index contributed by atoms with van der Waals surface area (Å²) < 4.78 is 42.5. The number of fused-ring (bicyclic) bond motifs is 1. The number of benzene rings is 2. The Balaban J connectivity index is 1.79. The lowest BCUT2D eigenvalue weighted by Crippen LogP contribution is -2.22. The second-order valence-corrected chi connectivity index (χ2v) is 7.89. The highest BCUT2D eigenvalue weighted by molar-refractivity contribution is 7.90. The highest BCUT2D eigenvalue weighted by Crippen LogP contribution is 2.35. The maximum atomic E-state index is 14.3. The van der Waals surface area contributed by atoms with Gasteiger partial charge in [0.2, 0.25) is 0 Å². The Morgan fingerprint density at radius 2 is 1.84 bits per heavy atom. The topological polar surface area (TPSA) is 61.8 Å². The van der Waals surface area contributed by atoms with E-state index in [1.807, 2.05) is 25.1 Å². The molecule has 0 bridgehead atoms. The molecular weight excluding hydrogens is 341 g/mol. The first-order chi connectivity index (χ1) is 12.0. The lowest BCUT2D eigenvalue weighted by Gasteiger charge is -2.24. The number of nitrogens with one attached hydrogen (secondary N) is 1. The van der Waals surface area contributed by atoms with E-state index in [0.717, 1.165) is 42.9 Å². The van der Waals surface area contributed by atoms with E-state index in [4.69, 9.17) is 0 Å². The van der Waals surface area contributed by atoms with Gasteiger partial charge < -0.3 is 10.2 Å². The summed E-state index contributed by atoms with van der Waals surface area (Å²) in [6, 6.07) is 9.78. The minimum Gasteiger partial charge on any atom is -0.370 e. The third kappa shape index (κ3) is 2.68. The standard InChI is InChI=1S/C18H18FN3O2S/c1-12-6-4-8-14(17(12)22-10-2-3-11-22)20-18-16-13(19)7-5-9-15(16)25(23,24)21-18/h4-9H,2-3,10-11H2,1H3,(H,20,21). The maximum Gasteiger partial charge on any atom is 0.285 e. The fourth-order valence-electron chi connectivity index (χ4n) is 3.50. The van der Waals surface area contributed by atoms with Crippen LogP contribution in [0.15, 0.2) is 45.7 Å². The highest BCUT2D eigenvalue weighted by atomic mass is 32.2. The van der Waals surface area contributed by atoms with Crippen LogP contribution in [0.5, 0.6) is 0 Å². The summed E-state index contributed by atoms with van der Waals surface area (Å²) in [5.74, 6) is -0.556. The predicted octanol–water partition coefficient (Wildman–Crippen LogP) is 3.30. The summed E-state index contributed by atoms with van der Waals surface area (Å²) in [6.45, 7) is 3.92. The van der Waals surface area contributed by atoms with Gasteiger partial charge in [-0.25, -0.2) is 4.39 Å². The van der Waals surface area contributed by atoms with Crippen molar-refractivity contribution in [3.63, 3.8) is 0 Å². The molecule has 2 aromatic carbocycles. The van der Waals surface area contributed by atoms with Crippen LogP contribution in [0.4, 0.5) is 15.8 Å². The van der Waals surface area contributed by atoms with Crippen LogP contribution in [0.1, 0.15) is 24.0 Å². The average Bonchev–Trinajstić information content (AvgIpc) is 3.15. The van der Waals surface area contributed by atoms with Gasteiger partial charge in [0.15, 0.2) is 5.84 Å². The molecule has 7 heteroatoms. The second-order valence-electron chi connectivity index (χ2n) is 6.32. The zero-order valence-electron chi connectivity index (χ0n) is 13.8. The molecular formula is C18H18FN3O2S. The van der Waals surface area contributed by atoms with Crippen LogP contribution in [-0.2, 0) is 10.0 Å². The van der Waals surface area contributed by atoms with Crippen LogP contribution in [-0.4, -0.2) is 27.3 Å². The van der Waals surface area contributed by atoms with Gasteiger partial charge in [0.25, 0.3) is 10.0 Å². The molecule has 0 atom stereocenters. The van der Waals surface area contributed by atoms with Gasteiger partial charge in [0.05, 0.1) is 16.9 Å². The molecule has 0 unspecified atom stereocenters. The molecule has 25 heavy (non-hydrogen) atoms. The van der Waals surface area contributed by atoms with Gasteiger partial charge in [0.1, 0.15) is 10.7 Å². The maximum absolute atomic E-state index is 14.3. The van der Waals surface area contributed by atoms with Gasteiger partial charge in [-0.05, 0) is 43.5 Å². The zero-order valence-corrected chi connectivity index (χ0v) is 14.6. The normalized spacial score (nSPS) is 18.2. The number of sulfonamides is 1. The Morgan fingerprint density at radius 1 is 1.12 bits per heavy atom. The fourth-order valence-corrected chi connectivity index (χ4v) is 4.68. The average molecular weight is 359 g/mol. The second kappa shape index (κ2) is 5.84. The molecule has 1 N–H and O–H groups in total. The van der Waals surface area contributed by atoms with Crippen molar-refractivity contribution in [2.24, 2.45) is 4.40 Å². The number of amidine groups is 1. The van der Waals surface area contributed by atoms with Gasteiger partial charge in [0, 0.05) is 13.1 Å². The third-order valence-electron chi connectivity index (χ3n) is 4.61. The number of hydrogen-bond donors (Lipinski definition) is 1. The van der Waals surface area contributed by atoms with Gasteiger partial charge in [-0.15, -0.1) is 4.40 Å². The number of anilines is 2. The van der Waals surface area contributed by atoms with Crippen LogP contribution in [0.25, 0.3) is 0 Å². The van der Waals surface area contributed by atoms with Crippen LogP contribution < -0.4 is 10.2 Å². The first kappa shape index (κ1) is 16.1. The van der Waals surface area contributed by atoms with E-state index in [1.165, 1.54) is 18.2 Å². The Bertz CT molecular complexity index is 980. The van der Waals surface area contributed by atoms with E-state index < -0.39 is 15.8 Å². The van der Waals surface area contributed by atoms with Gasteiger partial charge >= 0.3 is 0 Å². The quantitative estimate of drug-likeness (QED) is 0.894. The molecule has 0 aliphatic carbocycles. The van der Waals surface area contributed by atoms with E-state index >= 15 is 0 Å². The van der Waals surface area contributed by atoms with Crippen LogP contribution in [0.2, 0.25) is 0 Å². The van der Waals surface area contributed by atoms with Crippen molar-refractivity contribution in [2.75, 3.05) is 23.3 Å². The number of halogens is 1. The van der Waals surface area contributed by atoms with E-state index in [2.05, 4.69) is 14.6 Å². The minimum atomic E-state index is -3.87. The highest BCUT2D eigenvalue weighted by Gasteiger charge is 2.32. The fraction of sp³-hybridized carbons (Fsp3) is 0.278. The molecule has 2 aliphatic rings. The number of nitrogens with zero attached hydrogens (tertiary/aromatic N) is 2. The Morgan fingerprint density at radius 3 is 2.60 bits per heavy atom. The van der Waals surface area contributed by atoms with Gasteiger partial charge in [-0.2, -0.15) is 8.42 Å².